The van der Waals surface area contributed by atoms with Crippen LogP contribution in [0.5, 0.6) is 0 Å². The normalized spacial score (nSPS) is 14.5. The number of ether oxygens (including phenoxy) is 1. The second kappa shape index (κ2) is 9.67. The Labute approximate surface area is 192 Å². The number of nitrogens with one attached hydrogen (secondary N) is 1. The third-order valence-electron chi connectivity index (χ3n) is 5.38. The number of hydrogen-bond acceptors (Lipinski definition) is 6. The third kappa shape index (κ3) is 4.76. The number of rotatable bonds is 5. The fourth-order valence-corrected chi connectivity index (χ4v) is 4.13. The number of carbonyl (C=O) groups excluding carboxylic acids is 1. The molecule has 1 N–H and O–H groups in total. The molecule has 1 fully saturated rings. The summed E-state index contributed by atoms with van der Waals surface area (Å²) in [7, 11) is 0. The number of hydrogen-bond donors (Lipinski definition) is 1. The number of aryl methyl sites for hydroxylation is 1. The van der Waals surface area contributed by atoms with E-state index in [-0.39, 0.29) is 11.9 Å². The van der Waals surface area contributed by atoms with Gasteiger partial charge in [-0.15, -0.1) is 0 Å². The first-order valence-electron chi connectivity index (χ1n) is 10.7. The van der Waals surface area contributed by atoms with Gasteiger partial charge in [0.05, 0.1) is 34.8 Å². The minimum Gasteiger partial charge on any atom is -0.380 e. The molecule has 9 heteroatoms. The molecule has 0 unspecified atom stereocenters. The first-order chi connectivity index (χ1) is 15.4. The van der Waals surface area contributed by atoms with Crippen molar-refractivity contribution < 1.29 is 9.53 Å². The molecule has 0 atom stereocenters. The summed E-state index contributed by atoms with van der Waals surface area (Å²) < 4.78 is 7.57. The minimum absolute atomic E-state index is 0.0809. The highest BCUT2D eigenvalue weighted by atomic mass is 35.5. The fourth-order valence-electron chi connectivity index (χ4n) is 3.87. The van der Waals surface area contributed by atoms with Gasteiger partial charge in [0.1, 0.15) is 5.82 Å². The summed E-state index contributed by atoms with van der Waals surface area (Å²) in [6.45, 7) is 8.67. The summed E-state index contributed by atoms with van der Waals surface area (Å²) >= 11 is 6.46. The molecule has 0 saturated carbocycles. The van der Waals surface area contributed by atoms with Crippen LogP contribution in [-0.4, -0.2) is 56.6 Å². The molecule has 168 valence electrons. The molecule has 0 spiro atoms. The Bertz CT molecular complexity index is 1110. The molecule has 3 heterocycles. The van der Waals surface area contributed by atoms with Crippen LogP contribution in [0.4, 0.5) is 11.6 Å². The Morgan fingerprint density at radius 1 is 1.19 bits per heavy atom. The lowest BCUT2D eigenvalue weighted by Crippen LogP contribution is -2.33. The first kappa shape index (κ1) is 22.2. The fraction of sp³-hybridized carbons (Fsp3) is 0.391. The number of anilines is 2. The van der Waals surface area contributed by atoms with Gasteiger partial charge in [-0.05, 0) is 51.5 Å². The molecule has 1 aromatic carbocycles. The number of halogens is 1. The highest BCUT2D eigenvalue weighted by Gasteiger charge is 2.20. The molecule has 3 aromatic rings. The lowest BCUT2D eigenvalue weighted by molar-refractivity contribution is 0.0741. The van der Waals surface area contributed by atoms with E-state index in [1.54, 1.807) is 23.2 Å². The summed E-state index contributed by atoms with van der Waals surface area (Å²) in [5.41, 5.74) is 2.89. The van der Waals surface area contributed by atoms with Gasteiger partial charge in [0, 0.05) is 37.6 Å². The maximum Gasteiger partial charge on any atom is 0.255 e. The van der Waals surface area contributed by atoms with E-state index in [4.69, 9.17) is 16.3 Å². The molecule has 8 nitrogen and oxygen atoms in total. The van der Waals surface area contributed by atoms with Crippen LogP contribution in [0.1, 0.15) is 42.5 Å². The van der Waals surface area contributed by atoms with E-state index < -0.39 is 0 Å². The Balaban J connectivity index is 1.53. The van der Waals surface area contributed by atoms with Crippen LogP contribution in [0.3, 0.4) is 0 Å². The van der Waals surface area contributed by atoms with Gasteiger partial charge in [-0.25, -0.2) is 15.0 Å². The van der Waals surface area contributed by atoms with Gasteiger partial charge in [-0.1, -0.05) is 11.6 Å². The van der Waals surface area contributed by atoms with Gasteiger partial charge in [-0.3, -0.25) is 4.79 Å². The lowest BCUT2D eigenvalue weighted by atomic mass is 10.1. The Morgan fingerprint density at radius 3 is 2.81 bits per heavy atom. The maximum absolute atomic E-state index is 12.9. The molecule has 4 rings (SSSR count). The Hall–Kier alpha value is -2.97. The van der Waals surface area contributed by atoms with Crippen molar-refractivity contribution in [2.75, 3.05) is 31.6 Å². The molecule has 0 bridgehead atoms. The van der Waals surface area contributed by atoms with Crippen LogP contribution >= 0.6 is 11.6 Å². The average molecular weight is 455 g/mol. The van der Waals surface area contributed by atoms with Crippen molar-refractivity contribution >= 4 is 29.1 Å². The number of amides is 1. The SMILES string of the molecule is Cc1ncc(-c2ccnc(Nc3ccc(C(=O)N4CCCOCC4)c(Cl)c3)n2)n1C(C)C. The van der Waals surface area contributed by atoms with Crippen LogP contribution in [-0.2, 0) is 4.74 Å². The van der Waals surface area contributed by atoms with Crippen molar-refractivity contribution in [3.63, 3.8) is 0 Å². The predicted molar refractivity (Wildman–Crippen MR) is 124 cm³/mol. The highest BCUT2D eigenvalue weighted by Crippen LogP contribution is 2.26. The molecular weight excluding hydrogens is 428 g/mol. The standard InChI is InChI=1S/C23H27ClN6O2/c1-15(2)30-16(3)26-14-21(30)20-7-8-25-23(28-20)27-17-5-6-18(19(24)13-17)22(31)29-9-4-11-32-12-10-29/h5-8,13-15H,4,9-12H2,1-3H3,(H,25,27,28). The molecule has 0 radical (unpaired) electrons. The zero-order valence-corrected chi connectivity index (χ0v) is 19.3. The second-order valence-corrected chi connectivity index (χ2v) is 8.40. The van der Waals surface area contributed by atoms with E-state index in [0.717, 1.165) is 23.6 Å². The van der Waals surface area contributed by atoms with Crippen molar-refractivity contribution in [2.24, 2.45) is 0 Å². The van der Waals surface area contributed by atoms with Crippen LogP contribution in [0.15, 0.2) is 36.7 Å². The molecule has 0 aliphatic carbocycles. The van der Waals surface area contributed by atoms with Gasteiger partial charge >= 0.3 is 0 Å². The van der Waals surface area contributed by atoms with Gasteiger partial charge in [-0.2, -0.15) is 0 Å². The first-order valence-corrected chi connectivity index (χ1v) is 11.1. The van der Waals surface area contributed by atoms with Gasteiger partial charge < -0.3 is 19.5 Å². The largest absolute Gasteiger partial charge is 0.380 e. The minimum atomic E-state index is -0.0809. The third-order valence-corrected chi connectivity index (χ3v) is 5.69. The zero-order valence-electron chi connectivity index (χ0n) is 18.5. The van der Waals surface area contributed by atoms with Crippen molar-refractivity contribution in [3.05, 3.63) is 53.1 Å². The molecule has 1 amide bonds. The zero-order chi connectivity index (χ0) is 22.7. The predicted octanol–water partition coefficient (Wildman–Crippen LogP) is 4.49. The topological polar surface area (TPSA) is 85.2 Å². The molecular formula is C23H27ClN6O2. The van der Waals surface area contributed by atoms with Crippen LogP contribution < -0.4 is 5.32 Å². The highest BCUT2D eigenvalue weighted by molar-refractivity contribution is 6.34. The Kier molecular flexibility index (Phi) is 6.72. The van der Waals surface area contributed by atoms with Gasteiger partial charge in [0.15, 0.2) is 0 Å². The monoisotopic (exact) mass is 454 g/mol. The van der Waals surface area contributed by atoms with Crippen LogP contribution in [0, 0.1) is 6.92 Å². The van der Waals surface area contributed by atoms with E-state index in [2.05, 4.69) is 38.7 Å². The van der Waals surface area contributed by atoms with Crippen molar-refractivity contribution in [1.82, 2.24) is 24.4 Å². The Morgan fingerprint density at radius 2 is 2.03 bits per heavy atom. The molecule has 1 saturated heterocycles. The average Bonchev–Trinajstić information content (AvgIpc) is 2.97. The number of imidazole rings is 1. The van der Waals surface area contributed by atoms with E-state index in [1.165, 1.54) is 0 Å². The number of benzene rings is 1. The molecule has 2 aromatic heterocycles. The number of aromatic nitrogens is 4. The smallest absolute Gasteiger partial charge is 0.255 e. The summed E-state index contributed by atoms with van der Waals surface area (Å²) in [6.07, 6.45) is 4.36. The van der Waals surface area contributed by atoms with Crippen molar-refractivity contribution in [3.8, 4) is 11.4 Å². The van der Waals surface area contributed by atoms with Crippen molar-refractivity contribution in [1.29, 1.82) is 0 Å². The second-order valence-electron chi connectivity index (χ2n) is 8.00. The molecule has 1 aliphatic rings. The molecule has 1 aliphatic heterocycles. The maximum atomic E-state index is 12.9. The van der Waals surface area contributed by atoms with E-state index in [0.29, 0.717) is 48.5 Å². The van der Waals surface area contributed by atoms with Crippen LogP contribution in [0.2, 0.25) is 5.02 Å². The number of carbonyl (C=O) groups is 1. The summed E-state index contributed by atoms with van der Waals surface area (Å²) in [5.74, 6) is 1.30. The van der Waals surface area contributed by atoms with E-state index in [1.807, 2.05) is 25.3 Å². The van der Waals surface area contributed by atoms with Gasteiger partial charge in [0.25, 0.3) is 5.91 Å². The summed E-state index contributed by atoms with van der Waals surface area (Å²) in [4.78, 5) is 28.1. The van der Waals surface area contributed by atoms with E-state index in [9.17, 15) is 4.79 Å². The number of nitrogens with zero attached hydrogens (tertiary/aromatic N) is 5. The summed E-state index contributed by atoms with van der Waals surface area (Å²) in [5, 5.41) is 3.57. The van der Waals surface area contributed by atoms with Gasteiger partial charge in [0.2, 0.25) is 5.95 Å². The van der Waals surface area contributed by atoms with Crippen LogP contribution in [0.25, 0.3) is 11.4 Å². The lowest BCUT2D eigenvalue weighted by Gasteiger charge is -2.20. The molecule has 32 heavy (non-hydrogen) atoms. The summed E-state index contributed by atoms with van der Waals surface area (Å²) in [6, 6.07) is 7.40. The van der Waals surface area contributed by atoms with Crippen molar-refractivity contribution in [2.45, 2.75) is 33.2 Å². The quantitative estimate of drug-likeness (QED) is 0.611. The van der Waals surface area contributed by atoms with E-state index >= 15 is 0 Å².